The quantitative estimate of drug-likeness (QED) is 0.0195. The lowest BCUT2D eigenvalue weighted by atomic mass is 10.0. The molecule has 398 valence electrons. The Morgan fingerprint density at radius 2 is 0.826 bits per heavy atom. The summed E-state index contributed by atoms with van der Waals surface area (Å²) in [6, 6.07) is 0. The first-order valence-electron chi connectivity index (χ1n) is 28.1. The molecule has 0 rings (SSSR count). The van der Waals surface area contributed by atoms with Crippen molar-refractivity contribution in [1.29, 1.82) is 0 Å². The number of aliphatic carboxylic acids is 1. The summed E-state index contributed by atoms with van der Waals surface area (Å²) in [5.74, 6) is -2.29. The molecule has 2 unspecified atom stereocenters. The molecule has 0 aromatic heterocycles. The van der Waals surface area contributed by atoms with Crippen LogP contribution in [0.15, 0.2) is 72.9 Å². The number of unbranched alkanes of at least 4 members (excludes halogenated alkanes) is 24. The van der Waals surface area contributed by atoms with E-state index in [9.17, 15) is 19.5 Å². The van der Waals surface area contributed by atoms with Gasteiger partial charge in [-0.3, -0.25) is 9.59 Å². The topological polar surface area (TPSA) is 111 Å². The van der Waals surface area contributed by atoms with E-state index in [4.69, 9.17) is 18.9 Å². The van der Waals surface area contributed by atoms with Gasteiger partial charge in [-0.1, -0.05) is 215 Å². The van der Waals surface area contributed by atoms with Crippen LogP contribution in [0.1, 0.15) is 232 Å². The highest BCUT2D eigenvalue weighted by Gasteiger charge is 2.22. The Labute approximate surface area is 424 Å². The third-order valence-electron chi connectivity index (χ3n) is 11.9. The smallest absolute Gasteiger partial charge is 0.306 e. The van der Waals surface area contributed by atoms with E-state index in [0.29, 0.717) is 17.4 Å². The van der Waals surface area contributed by atoms with Crippen LogP contribution in [0.2, 0.25) is 0 Å². The number of hydrogen-bond acceptors (Lipinski definition) is 8. The fourth-order valence-electron chi connectivity index (χ4n) is 7.60. The third-order valence-corrected chi connectivity index (χ3v) is 11.9. The van der Waals surface area contributed by atoms with Crippen molar-refractivity contribution >= 4 is 17.9 Å². The van der Waals surface area contributed by atoms with Gasteiger partial charge < -0.3 is 33.3 Å². The molecule has 0 aromatic carbocycles. The molecular formula is C60H105NO8. The monoisotopic (exact) mass is 968 g/mol. The second kappa shape index (κ2) is 51.1. The van der Waals surface area contributed by atoms with E-state index in [1.54, 1.807) is 0 Å². The van der Waals surface area contributed by atoms with Gasteiger partial charge in [-0.15, -0.1) is 0 Å². The molecule has 9 heteroatoms. The number of likely N-dealkylation sites (N-methyl/N-ethyl adjacent to an activating group) is 1. The number of carbonyl (C=O) groups excluding carboxylic acids is 3. The second-order valence-electron chi connectivity index (χ2n) is 19.8. The molecule has 0 radical (unpaired) electrons. The van der Waals surface area contributed by atoms with Crippen molar-refractivity contribution in [3.05, 3.63) is 72.9 Å². The van der Waals surface area contributed by atoms with Crippen LogP contribution in [-0.4, -0.2) is 82.3 Å². The molecule has 0 aliphatic rings. The van der Waals surface area contributed by atoms with Gasteiger partial charge in [-0.2, -0.15) is 0 Å². The van der Waals surface area contributed by atoms with Gasteiger partial charge in [0.1, 0.15) is 13.2 Å². The maximum Gasteiger partial charge on any atom is 0.306 e. The first-order chi connectivity index (χ1) is 33.6. The molecule has 0 aliphatic heterocycles. The van der Waals surface area contributed by atoms with Crippen LogP contribution in [0.4, 0.5) is 0 Å². The van der Waals surface area contributed by atoms with E-state index < -0.39 is 24.3 Å². The van der Waals surface area contributed by atoms with Crippen molar-refractivity contribution in [1.82, 2.24) is 0 Å². The summed E-state index contributed by atoms with van der Waals surface area (Å²) in [7, 11) is 5.91. The van der Waals surface area contributed by atoms with E-state index in [1.165, 1.54) is 109 Å². The van der Waals surface area contributed by atoms with E-state index in [2.05, 4.69) is 86.8 Å². The summed E-state index contributed by atoms with van der Waals surface area (Å²) in [6.07, 6.45) is 62.5. The lowest BCUT2D eigenvalue weighted by Crippen LogP contribution is -2.44. The first kappa shape index (κ1) is 65.7. The molecule has 69 heavy (non-hydrogen) atoms. The highest BCUT2D eigenvalue weighted by Crippen LogP contribution is 2.16. The van der Waals surface area contributed by atoms with Crippen LogP contribution < -0.4 is 5.11 Å². The molecule has 0 N–H and O–H groups in total. The zero-order valence-electron chi connectivity index (χ0n) is 45.2. The fraction of sp³-hybridized carbons (Fsp3) is 0.750. The third kappa shape index (κ3) is 52.4. The molecule has 0 fully saturated rings. The number of rotatable bonds is 51. The minimum atomic E-state index is -1.62. The Bertz CT molecular complexity index is 1360. The Morgan fingerprint density at radius 3 is 1.25 bits per heavy atom. The number of allylic oxidation sites excluding steroid dienone is 12. The molecule has 9 nitrogen and oxygen atoms in total. The number of carboxylic acid groups (broad SMARTS) is 1. The van der Waals surface area contributed by atoms with Crippen molar-refractivity contribution < 1.29 is 42.9 Å². The van der Waals surface area contributed by atoms with Crippen molar-refractivity contribution in [2.75, 3.05) is 47.5 Å². The summed E-state index contributed by atoms with van der Waals surface area (Å²) in [4.78, 5) is 37.1. The maximum absolute atomic E-state index is 12.8. The summed E-state index contributed by atoms with van der Waals surface area (Å²) in [5.41, 5.74) is 0. The number of quaternary nitrogens is 1. The number of esters is 2. The fourth-order valence-corrected chi connectivity index (χ4v) is 7.60. The Kier molecular flexibility index (Phi) is 48.7. The van der Waals surface area contributed by atoms with Gasteiger partial charge >= 0.3 is 11.9 Å². The van der Waals surface area contributed by atoms with Crippen LogP contribution in [-0.2, 0) is 33.3 Å². The Hall–Kier alpha value is -3.27. The van der Waals surface area contributed by atoms with Gasteiger partial charge in [-0.25, -0.2) is 0 Å². The lowest BCUT2D eigenvalue weighted by molar-refractivity contribution is -0.870. The van der Waals surface area contributed by atoms with Crippen LogP contribution in [0, 0.1) is 0 Å². The van der Waals surface area contributed by atoms with E-state index in [0.717, 1.165) is 89.9 Å². The first-order valence-corrected chi connectivity index (χ1v) is 28.1. The SMILES string of the molecule is CC/C=C\C/C=C\C/C=C\C/C=C\C/C=C\CCCCCCCCCCCCCCCCCCCC(=O)OC(COC(=O)CCCCCCC/C=C\CCCC)COC(OCC[N+](C)(C)C)C(=O)[O-]. The molecule has 0 aromatic rings. The summed E-state index contributed by atoms with van der Waals surface area (Å²) in [6.45, 7) is 4.58. The number of carbonyl (C=O) groups is 3. The predicted octanol–water partition coefficient (Wildman–Crippen LogP) is 14.9. The number of hydrogen-bond donors (Lipinski definition) is 0. The largest absolute Gasteiger partial charge is 0.545 e. The van der Waals surface area contributed by atoms with Crippen LogP contribution in [0.25, 0.3) is 0 Å². The zero-order chi connectivity index (χ0) is 50.6. The zero-order valence-corrected chi connectivity index (χ0v) is 45.2. The Morgan fingerprint density at radius 1 is 0.449 bits per heavy atom. The number of ether oxygens (including phenoxy) is 4. The number of nitrogens with zero attached hydrogens (tertiary/aromatic N) is 1. The lowest BCUT2D eigenvalue weighted by Gasteiger charge is -2.26. The van der Waals surface area contributed by atoms with E-state index >= 15 is 0 Å². The molecule has 2 atom stereocenters. The summed E-state index contributed by atoms with van der Waals surface area (Å²) >= 11 is 0. The van der Waals surface area contributed by atoms with Gasteiger partial charge in [-0.05, 0) is 77.0 Å². The molecule has 0 heterocycles. The molecule has 0 amide bonds. The molecule has 0 aliphatic carbocycles. The highest BCUT2D eigenvalue weighted by atomic mass is 16.7. The van der Waals surface area contributed by atoms with E-state index in [1.807, 2.05) is 21.1 Å². The van der Waals surface area contributed by atoms with Gasteiger partial charge in [0.15, 0.2) is 12.4 Å². The Balaban J connectivity index is 4.08. The molecule has 0 saturated carbocycles. The standard InChI is InChI=1S/C60H105NO8/c1-6-8-10-12-14-16-18-19-20-21-22-23-24-25-26-27-28-29-30-31-32-33-34-35-36-37-38-39-41-43-45-47-49-51-58(63)69-56(55-68-60(59(64)65)66-53-52-61(3,4)5)54-67-57(62)50-48-46-44-42-40-17-15-13-11-9-7-2/h8,10,13-16,19-20,22-23,25-26,56,60H,6-7,9,11-12,17-18,21,24,27-55H2,1-5H3/b10-8-,15-13-,16-14-,20-19-,23-22-,26-25-. The van der Waals surface area contributed by atoms with Gasteiger partial charge in [0, 0.05) is 12.8 Å². The van der Waals surface area contributed by atoms with Crippen LogP contribution in [0.5, 0.6) is 0 Å². The molecule has 0 spiro atoms. The van der Waals surface area contributed by atoms with Crippen LogP contribution >= 0.6 is 0 Å². The maximum atomic E-state index is 12.8. The average molecular weight is 968 g/mol. The summed E-state index contributed by atoms with van der Waals surface area (Å²) < 4.78 is 22.6. The molecular weight excluding hydrogens is 863 g/mol. The molecule has 0 bridgehead atoms. The van der Waals surface area contributed by atoms with Crippen molar-refractivity contribution in [2.45, 2.75) is 245 Å². The minimum Gasteiger partial charge on any atom is -0.545 e. The van der Waals surface area contributed by atoms with Gasteiger partial charge in [0.05, 0.1) is 40.3 Å². The second-order valence-corrected chi connectivity index (χ2v) is 19.8. The van der Waals surface area contributed by atoms with Crippen molar-refractivity contribution in [3.63, 3.8) is 0 Å². The normalized spacial score (nSPS) is 13.3. The predicted molar refractivity (Wildman–Crippen MR) is 288 cm³/mol. The summed E-state index contributed by atoms with van der Waals surface area (Å²) in [5, 5.41) is 11.7. The average Bonchev–Trinajstić information content (AvgIpc) is 3.31. The minimum absolute atomic E-state index is 0.145. The van der Waals surface area contributed by atoms with E-state index in [-0.39, 0.29) is 38.6 Å². The van der Waals surface area contributed by atoms with Crippen LogP contribution in [0.3, 0.4) is 0 Å². The van der Waals surface area contributed by atoms with Gasteiger partial charge in [0.2, 0.25) is 0 Å². The molecule has 0 saturated heterocycles. The van der Waals surface area contributed by atoms with Crippen molar-refractivity contribution in [3.8, 4) is 0 Å². The number of carboxylic acids is 1. The van der Waals surface area contributed by atoms with Gasteiger partial charge in [0.25, 0.3) is 0 Å². The van der Waals surface area contributed by atoms with Crippen molar-refractivity contribution in [2.24, 2.45) is 0 Å². The highest BCUT2D eigenvalue weighted by molar-refractivity contribution is 5.70.